The van der Waals surface area contributed by atoms with Gasteiger partial charge in [0.25, 0.3) is 0 Å². The highest BCUT2D eigenvalue weighted by Gasteiger charge is 2.13. The molecule has 2 aromatic carbocycles. The minimum Gasteiger partial charge on any atom is -0.334 e. The molecule has 0 unspecified atom stereocenters. The summed E-state index contributed by atoms with van der Waals surface area (Å²) in [6, 6.07) is 17.3. The highest BCUT2D eigenvalue weighted by molar-refractivity contribution is 5.74. The number of nitrogens with zero attached hydrogens (tertiary/aromatic N) is 4. The first-order valence-electron chi connectivity index (χ1n) is 9.34. The summed E-state index contributed by atoms with van der Waals surface area (Å²) in [4.78, 5) is 18.4. The molecular formula is C23H23N5O. The van der Waals surface area contributed by atoms with Crippen molar-refractivity contribution in [1.29, 1.82) is 5.26 Å². The van der Waals surface area contributed by atoms with Crippen LogP contribution in [0.5, 0.6) is 0 Å². The van der Waals surface area contributed by atoms with Crippen LogP contribution in [0.4, 0.5) is 4.79 Å². The highest BCUT2D eigenvalue weighted by Crippen LogP contribution is 2.10. The van der Waals surface area contributed by atoms with Crippen LogP contribution in [-0.2, 0) is 19.6 Å². The van der Waals surface area contributed by atoms with E-state index in [-0.39, 0.29) is 6.03 Å². The van der Waals surface area contributed by atoms with Crippen molar-refractivity contribution < 1.29 is 4.79 Å². The Labute approximate surface area is 170 Å². The first-order chi connectivity index (χ1) is 14.2. The van der Waals surface area contributed by atoms with Crippen molar-refractivity contribution >= 4 is 6.03 Å². The largest absolute Gasteiger partial charge is 0.334 e. The Morgan fingerprint density at radius 1 is 1.21 bits per heavy atom. The molecule has 146 valence electrons. The number of benzene rings is 2. The predicted octanol–water partition coefficient (Wildman–Crippen LogP) is 3.70. The Hall–Kier alpha value is -3.85. The van der Waals surface area contributed by atoms with E-state index in [1.807, 2.05) is 35.0 Å². The fraction of sp³-hybridized carbons (Fsp3) is 0.174. The number of imidazole rings is 1. The van der Waals surface area contributed by atoms with Crippen molar-refractivity contribution in [3.8, 4) is 6.07 Å². The molecule has 1 aromatic heterocycles. The van der Waals surface area contributed by atoms with Gasteiger partial charge >= 0.3 is 6.03 Å². The molecular weight excluding hydrogens is 362 g/mol. The Balaban J connectivity index is 1.61. The molecule has 0 aliphatic carbocycles. The standard InChI is InChI=1S/C23H23N5O/c1-2-10-28(17-22-8-3-5-19(12-22)14-24)23(29)26-15-20-6-4-7-21(13-20)16-27-11-9-25-18-27/h2-9,11-13,18H,1,10,15-17H2,(H,26,29). The van der Waals surface area contributed by atoms with Gasteiger partial charge in [-0.05, 0) is 28.8 Å². The lowest BCUT2D eigenvalue weighted by molar-refractivity contribution is 0.200. The van der Waals surface area contributed by atoms with Crippen LogP contribution in [0, 0.1) is 11.3 Å². The van der Waals surface area contributed by atoms with Gasteiger partial charge in [0, 0.05) is 38.6 Å². The fourth-order valence-corrected chi connectivity index (χ4v) is 3.05. The van der Waals surface area contributed by atoms with E-state index in [0.717, 1.165) is 23.2 Å². The number of rotatable bonds is 8. The van der Waals surface area contributed by atoms with Gasteiger partial charge in [0.1, 0.15) is 0 Å². The van der Waals surface area contributed by atoms with Crippen LogP contribution in [0.3, 0.4) is 0 Å². The maximum Gasteiger partial charge on any atom is 0.318 e. The van der Waals surface area contributed by atoms with E-state index in [0.29, 0.717) is 25.2 Å². The fourth-order valence-electron chi connectivity index (χ4n) is 3.05. The third kappa shape index (κ3) is 5.81. The van der Waals surface area contributed by atoms with Gasteiger partial charge in [-0.2, -0.15) is 5.26 Å². The van der Waals surface area contributed by atoms with Crippen molar-refractivity contribution in [3.63, 3.8) is 0 Å². The topological polar surface area (TPSA) is 74.0 Å². The molecule has 0 atom stereocenters. The number of urea groups is 1. The molecule has 6 nitrogen and oxygen atoms in total. The molecule has 6 heteroatoms. The van der Waals surface area contributed by atoms with Crippen molar-refractivity contribution in [3.05, 3.63) is 102 Å². The Morgan fingerprint density at radius 3 is 2.76 bits per heavy atom. The van der Waals surface area contributed by atoms with Crippen LogP contribution >= 0.6 is 0 Å². The Bertz CT molecular complexity index is 1000. The molecule has 3 rings (SSSR count). The number of carbonyl (C=O) groups excluding carboxylic acids is 1. The molecule has 0 bridgehead atoms. The van der Waals surface area contributed by atoms with Gasteiger partial charge < -0.3 is 14.8 Å². The number of hydrogen-bond donors (Lipinski definition) is 1. The number of amides is 2. The number of nitrogens with one attached hydrogen (secondary N) is 1. The first-order valence-corrected chi connectivity index (χ1v) is 9.34. The lowest BCUT2D eigenvalue weighted by Gasteiger charge is -2.22. The zero-order valence-electron chi connectivity index (χ0n) is 16.2. The zero-order valence-corrected chi connectivity index (χ0v) is 16.2. The average Bonchev–Trinajstić information content (AvgIpc) is 3.25. The first kappa shape index (κ1) is 19.9. The summed E-state index contributed by atoms with van der Waals surface area (Å²) in [7, 11) is 0. The van der Waals surface area contributed by atoms with E-state index in [1.54, 1.807) is 35.6 Å². The summed E-state index contributed by atoms with van der Waals surface area (Å²) in [6.45, 7) is 5.74. The second-order valence-electron chi connectivity index (χ2n) is 6.70. The van der Waals surface area contributed by atoms with E-state index >= 15 is 0 Å². The average molecular weight is 385 g/mol. The third-order valence-corrected chi connectivity index (χ3v) is 4.43. The smallest absolute Gasteiger partial charge is 0.318 e. The molecule has 0 spiro atoms. The van der Waals surface area contributed by atoms with Gasteiger partial charge in [-0.15, -0.1) is 6.58 Å². The Kier molecular flexibility index (Phi) is 6.80. The molecule has 0 radical (unpaired) electrons. The molecule has 1 heterocycles. The van der Waals surface area contributed by atoms with E-state index in [1.165, 1.54) is 0 Å². The molecule has 1 N–H and O–H groups in total. The van der Waals surface area contributed by atoms with Gasteiger partial charge in [-0.25, -0.2) is 9.78 Å². The van der Waals surface area contributed by atoms with E-state index in [9.17, 15) is 4.79 Å². The summed E-state index contributed by atoms with van der Waals surface area (Å²) in [6.07, 6.45) is 7.15. The summed E-state index contributed by atoms with van der Waals surface area (Å²) < 4.78 is 2.00. The molecule has 0 aliphatic heterocycles. The van der Waals surface area contributed by atoms with Crippen LogP contribution in [0.2, 0.25) is 0 Å². The van der Waals surface area contributed by atoms with Gasteiger partial charge in [0.15, 0.2) is 0 Å². The number of carbonyl (C=O) groups is 1. The zero-order chi connectivity index (χ0) is 20.5. The molecule has 29 heavy (non-hydrogen) atoms. The normalized spacial score (nSPS) is 10.2. The molecule has 3 aromatic rings. The number of nitriles is 1. The van der Waals surface area contributed by atoms with Crippen molar-refractivity contribution in [2.45, 2.75) is 19.6 Å². The third-order valence-electron chi connectivity index (χ3n) is 4.43. The minimum absolute atomic E-state index is 0.174. The minimum atomic E-state index is -0.174. The second kappa shape index (κ2) is 9.90. The summed E-state index contributed by atoms with van der Waals surface area (Å²) in [5.41, 5.74) is 3.66. The van der Waals surface area contributed by atoms with Gasteiger partial charge in [0.05, 0.1) is 18.0 Å². The summed E-state index contributed by atoms with van der Waals surface area (Å²) in [5.74, 6) is 0. The molecule has 2 amide bonds. The second-order valence-corrected chi connectivity index (χ2v) is 6.70. The van der Waals surface area contributed by atoms with Gasteiger partial charge in [0.2, 0.25) is 0 Å². The van der Waals surface area contributed by atoms with Crippen molar-refractivity contribution in [2.24, 2.45) is 0 Å². The Morgan fingerprint density at radius 2 is 2.00 bits per heavy atom. The van der Waals surface area contributed by atoms with Crippen LogP contribution in [0.25, 0.3) is 0 Å². The summed E-state index contributed by atoms with van der Waals surface area (Å²) in [5, 5.41) is 12.0. The van der Waals surface area contributed by atoms with Crippen LogP contribution in [0.15, 0.2) is 79.9 Å². The van der Waals surface area contributed by atoms with Gasteiger partial charge in [-0.3, -0.25) is 0 Å². The molecule has 0 fully saturated rings. The van der Waals surface area contributed by atoms with Crippen molar-refractivity contribution in [2.75, 3.05) is 6.54 Å². The van der Waals surface area contributed by atoms with E-state index in [4.69, 9.17) is 5.26 Å². The number of aromatic nitrogens is 2. The van der Waals surface area contributed by atoms with Crippen molar-refractivity contribution in [1.82, 2.24) is 19.8 Å². The van der Waals surface area contributed by atoms with Crippen LogP contribution in [0.1, 0.15) is 22.3 Å². The highest BCUT2D eigenvalue weighted by atomic mass is 16.2. The van der Waals surface area contributed by atoms with Crippen LogP contribution in [-0.4, -0.2) is 27.0 Å². The monoisotopic (exact) mass is 385 g/mol. The molecule has 0 aliphatic rings. The summed E-state index contributed by atoms with van der Waals surface area (Å²) >= 11 is 0. The van der Waals surface area contributed by atoms with Gasteiger partial charge in [-0.1, -0.05) is 42.5 Å². The molecule has 0 saturated heterocycles. The van der Waals surface area contributed by atoms with E-state index < -0.39 is 0 Å². The molecule has 0 saturated carbocycles. The lowest BCUT2D eigenvalue weighted by Crippen LogP contribution is -2.39. The SMILES string of the molecule is C=CCN(Cc1cccc(C#N)c1)C(=O)NCc1cccc(Cn2ccnc2)c1. The maximum absolute atomic E-state index is 12.7. The lowest BCUT2D eigenvalue weighted by atomic mass is 10.1. The number of hydrogen-bond acceptors (Lipinski definition) is 3. The van der Waals surface area contributed by atoms with E-state index in [2.05, 4.69) is 35.1 Å². The maximum atomic E-state index is 12.7. The van der Waals surface area contributed by atoms with Crippen LogP contribution < -0.4 is 5.32 Å². The quantitative estimate of drug-likeness (QED) is 0.601. The predicted molar refractivity (Wildman–Crippen MR) is 112 cm³/mol.